The first-order valence-corrected chi connectivity index (χ1v) is 6.78. The maximum atomic E-state index is 12.2. The van der Waals surface area contributed by atoms with Crippen LogP contribution in [0.15, 0.2) is 18.2 Å². The van der Waals surface area contributed by atoms with Crippen molar-refractivity contribution in [3.63, 3.8) is 0 Å². The van der Waals surface area contributed by atoms with Crippen LogP contribution in [-0.2, 0) is 16.0 Å². The van der Waals surface area contributed by atoms with E-state index in [1.165, 1.54) is 7.11 Å². The molecule has 2 rings (SSSR count). The summed E-state index contributed by atoms with van der Waals surface area (Å²) in [5, 5.41) is 5.99. The molecule has 5 heteroatoms. The van der Waals surface area contributed by atoms with E-state index in [2.05, 4.69) is 10.6 Å². The molecule has 20 heavy (non-hydrogen) atoms. The number of nitrogens with one attached hydrogen (secondary N) is 2. The Kier molecular flexibility index (Phi) is 4.27. The predicted octanol–water partition coefficient (Wildman–Crippen LogP) is 1.58. The third kappa shape index (κ3) is 2.92. The summed E-state index contributed by atoms with van der Waals surface area (Å²) in [5.41, 5.74) is 2.79. The average molecular weight is 276 g/mol. The van der Waals surface area contributed by atoms with Crippen LogP contribution in [-0.4, -0.2) is 31.6 Å². The van der Waals surface area contributed by atoms with Gasteiger partial charge in [0.05, 0.1) is 7.11 Å². The highest BCUT2D eigenvalue weighted by Crippen LogP contribution is 2.23. The molecule has 1 unspecified atom stereocenters. The van der Waals surface area contributed by atoms with Crippen molar-refractivity contribution in [1.82, 2.24) is 5.32 Å². The van der Waals surface area contributed by atoms with Gasteiger partial charge in [0.15, 0.2) is 0 Å². The van der Waals surface area contributed by atoms with Crippen LogP contribution in [0.25, 0.3) is 0 Å². The minimum atomic E-state index is -0.626. The number of anilines is 1. The van der Waals surface area contributed by atoms with Gasteiger partial charge in [-0.15, -0.1) is 0 Å². The number of ether oxygens (including phenoxy) is 1. The lowest BCUT2D eigenvalue weighted by Gasteiger charge is -2.20. The Hall–Kier alpha value is -2.04. The number of benzene rings is 1. The van der Waals surface area contributed by atoms with Crippen LogP contribution in [0, 0.1) is 5.92 Å². The van der Waals surface area contributed by atoms with E-state index in [0.29, 0.717) is 5.56 Å². The molecule has 0 aromatic heterocycles. The quantitative estimate of drug-likeness (QED) is 0.819. The van der Waals surface area contributed by atoms with Gasteiger partial charge >= 0.3 is 5.97 Å². The van der Waals surface area contributed by atoms with Crippen LogP contribution in [0.1, 0.15) is 29.8 Å². The van der Waals surface area contributed by atoms with Crippen LogP contribution < -0.4 is 10.6 Å². The molecule has 2 N–H and O–H groups in total. The summed E-state index contributed by atoms with van der Waals surface area (Å²) in [6.07, 6.45) is 0.918. The molecular weight excluding hydrogens is 256 g/mol. The second-order valence-electron chi connectivity index (χ2n) is 5.27. The molecular formula is C15H20N2O3. The first kappa shape index (κ1) is 14.4. The number of carbonyl (C=O) groups excluding carboxylic acids is 2. The van der Waals surface area contributed by atoms with Crippen molar-refractivity contribution in [2.45, 2.75) is 26.3 Å². The van der Waals surface area contributed by atoms with Gasteiger partial charge in [-0.25, -0.2) is 4.79 Å². The van der Waals surface area contributed by atoms with Gasteiger partial charge in [-0.3, -0.25) is 4.79 Å². The van der Waals surface area contributed by atoms with E-state index in [-0.39, 0.29) is 11.8 Å². The fourth-order valence-corrected chi connectivity index (χ4v) is 2.30. The molecule has 1 aromatic rings. The van der Waals surface area contributed by atoms with Crippen LogP contribution >= 0.6 is 0 Å². The molecule has 1 aromatic carbocycles. The Morgan fingerprint density at radius 2 is 2.10 bits per heavy atom. The SMILES string of the molecule is COC(=O)C(NC(=O)c1ccc2c(c1)CCN2)C(C)C. The highest BCUT2D eigenvalue weighted by molar-refractivity contribution is 5.97. The molecule has 0 bridgehead atoms. The van der Waals surface area contributed by atoms with Gasteiger partial charge in [-0.2, -0.15) is 0 Å². The number of esters is 1. The van der Waals surface area contributed by atoms with Crippen LogP contribution in [0.4, 0.5) is 5.69 Å². The zero-order valence-electron chi connectivity index (χ0n) is 12.0. The fourth-order valence-electron chi connectivity index (χ4n) is 2.30. The highest BCUT2D eigenvalue weighted by Gasteiger charge is 2.25. The summed E-state index contributed by atoms with van der Waals surface area (Å²) in [5.74, 6) is -0.692. The Balaban J connectivity index is 2.12. The fraction of sp³-hybridized carbons (Fsp3) is 0.467. The van der Waals surface area contributed by atoms with E-state index in [1.54, 1.807) is 6.07 Å². The Morgan fingerprint density at radius 1 is 1.35 bits per heavy atom. The third-order valence-electron chi connectivity index (χ3n) is 3.49. The molecule has 5 nitrogen and oxygen atoms in total. The lowest BCUT2D eigenvalue weighted by atomic mass is 10.0. The Labute approximate surface area is 118 Å². The number of carbonyl (C=O) groups is 2. The van der Waals surface area contributed by atoms with Crippen LogP contribution in [0.2, 0.25) is 0 Å². The van der Waals surface area contributed by atoms with Crippen molar-refractivity contribution in [1.29, 1.82) is 0 Å². The minimum absolute atomic E-state index is 0.0255. The summed E-state index contributed by atoms with van der Waals surface area (Å²) in [7, 11) is 1.32. The van der Waals surface area contributed by atoms with E-state index >= 15 is 0 Å². The summed E-state index contributed by atoms with van der Waals surface area (Å²) in [4.78, 5) is 23.9. The molecule has 0 spiro atoms. The molecule has 0 saturated carbocycles. The Morgan fingerprint density at radius 3 is 2.75 bits per heavy atom. The van der Waals surface area contributed by atoms with Gasteiger partial charge in [0.1, 0.15) is 6.04 Å². The third-order valence-corrected chi connectivity index (χ3v) is 3.49. The van der Waals surface area contributed by atoms with Crippen molar-refractivity contribution >= 4 is 17.6 Å². The molecule has 0 radical (unpaired) electrons. The largest absolute Gasteiger partial charge is 0.467 e. The van der Waals surface area contributed by atoms with E-state index in [0.717, 1.165) is 24.2 Å². The molecule has 1 atom stereocenters. The van der Waals surface area contributed by atoms with E-state index < -0.39 is 12.0 Å². The molecule has 0 fully saturated rings. The molecule has 1 aliphatic heterocycles. The first-order chi connectivity index (χ1) is 9.52. The number of amides is 1. The topological polar surface area (TPSA) is 67.4 Å². The van der Waals surface area contributed by atoms with Crippen molar-refractivity contribution in [2.75, 3.05) is 19.0 Å². The molecule has 1 amide bonds. The molecule has 108 valence electrons. The lowest BCUT2D eigenvalue weighted by Crippen LogP contribution is -2.45. The lowest BCUT2D eigenvalue weighted by molar-refractivity contribution is -0.144. The van der Waals surface area contributed by atoms with Crippen LogP contribution in [0.3, 0.4) is 0 Å². The van der Waals surface area contributed by atoms with Crippen molar-refractivity contribution in [3.8, 4) is 0 Å². The second-order valence-corrected chi connectivity index (χ2v) is 5.27. The molecule has 1 aliphatic rings. The maximum Gasteiger partial charge on any atom is 0.328 e. The van der Waals surface area contributed by atoms with Gasteiger partial charge < -0.3 is 15.4 Å². The molecule has 0 aliphatic carbocycles. The maximum absolute atomic E-state index is 12.2. The standard InChI is InChI=1S/C15H20N2O3/c1-9(2)13(15(19)20-3)17-14(18)11-4-5-12-10(8-11)6-7-16-12/h4-5,8-9,13,16H,6-7H2,1-3H3,(H,17,18). The van der Waals surface area contributed by atoms with Crippen molar-refractivity contribution in [3.05, 3.63) is 29.3 Å². The van der Waals surface area contributed by atoms with E-state index in [4.69, 9.17) is 4.74 Å². The summed E-state index contributed by atoms with van der Waals surface area (Å²) >= 11 is 0. The number of hydrogen-bond acceptors (Lipinski definition) is 4. The van der Waals surface area contributed by atoms with Crippen LogP contribution in [0.5, 0.6) is 0 Å². The summed E-state index contributed by atoms with van der Waals surface area (Å²) < 4.78 is 4.72. The number of fused-ring (bicyclic) bond motifs is 1. The smallest absolute Gasteiger partial charge is 0.328 e. The van der Waals surface area contributed by atoms with Crippen molar-refractivity contribution in [2.24, 2.45) is 5.92 Å². The number of methoxy groups -OCH3 is 1. The van der Waals surface area contributed by atoms with E-state index in [9.17, 15) is 9.59 Å². The van der Waals surface area contributed by atoms with Gasteiger partial charge in [0.2, 0.25) is 0 Å². The average Bonchev–Trinajstić information content (AvgIpc) is 2.90. The molecule has 1 heterocycles. The van der Waals surface area contributed by atoms with Gasteiger partial charge in [-0.05, 0) is 36.1 Å². The van der Waals surface area contributed by atoms with Gasteiger partial charge in [-0.1, -0.05) is 13.8 Å². The van der Waals surface area contributed by atoms with E-state index in [1.807, 2.05) is 26.0 Å². The summed E-state index contributed by atoms with van der Waals surface area (Å²) in [6, 6.07) is 4.92. The van der Waals surface area contributed by atoms with Crippen molar-refractivity contribution < 1.29 is 14.3 Å². The number of hydrogen-bond donors (Lipinski definition) is 2. The second kappa shape index (κ2) is 5.94. The van der Waals surface area contributed by atoms with Gasteiger partial charge in [0.25, 0.3) is 5.91 Å². The number of rotatable bonds is 4. The monoisotopic (exact) mass is 276 g/mol. The Bertz CT molecular complexity index is 526. The van der Waals surface area contributed by atoms with Gasteiger partial charge in [0, 0.05) is 17.8 Å². The summed E-state index contributed by atoms with van der Waals surface area (Å²) in [6.45, 7) is 4.64. The zero-order valence-corrected chi connectivity index (χ0v) is 12.0. The zero-order chi connectivity index (χ0) is 14.7. The normalized spacial score (nSPS) is 14.4. The first-order valence-electron chi connectivity index (χ1n) is 6.78. The highest BCUT2D eigenvalue weighted by atomic mass is 16.5. The molecule has 0 saturated heterocycles. The minimum Gasteiger partial charge on any atom is -0.467 e. The predicted molar refractivity (Wildman–Crippen MR) is 76.7 cm³/mol.